The number of hydrogen-bond donors (Lipinski definition) is 0. The van der Waals surface area contributed by atoms with Crippen molar-refractivity contribution in [2.75, 3.05) is 14.2 Å². The van der Waals surface area contributed by atoms with Gasteiger partial charge in [-0.2, -0.15) is 0 Å². The van der Waals surface area contributed by atoms with E-state index in [1.807, 2.05) is 24.3 Å². The summed E-state index contributed by atoms with van der Waals surface area (Å²) in [5.41, 5.74) is 9.53. The molecule has 8 aliphatic rings. The number of carbonyl (C=O) groups is 2. The fraction of sp³-hybridized carbons (Fsp3) is 0.278. The maximum Gasteiger partial charge on any atom is 0.233 e. The topological polar surface area (TPSA) is 52.6 Å². The van der Waals surface area contributed by atoms with Crippen LogP contribution in [0, 0.1) is 0 Å². The highest BCUT2D eigenvalue weighted by Gasteiger charge is 2.27. The Morgan fingerprint density at radius 3 is 1.05 bits per heavy atom. The number of ketones is 2. The van der Waals surface area contributed by atoms with Gasteiger partial charge in [-0.05, 0) is 120 Å². The number of ether oxygens (including phenoxy) is 2. The average Bonchev–Trinajstić information content (AvgIpc) is 2.98. The minimum Gasteiger partial charge on any atom is -0.496 e. The Kier molecular flexibility index (Phi) is 7.25. The van der Waals surface area contributed by atoms with E-state index in [1.165, 1.54) is 22.3 Å². The Hall–Kier alpha value is -4.18. The minimum atomic E-state index is -0.447. The molecule has 40 heavy (non-hydrogen) atoms. The Morgan fingerprint density at radius 1 is 0.450 bits per heavy atom. The van der Waals surface area contributed by atoms with Crippen molar-refractivity contribution < 1.29 is 19.1 Å². The van der Waals surface area contributed by atoms with E-state index in [0.29, 0.717) is 24.0 Å². The summed E-state index contributed by atoms with van der Waals surface area (Å²) < 4.78 is 11.5. The molecular weight excluding hydrogens is 496 g/mol. The van der Waals surface area contributed by atoms with E-state index in [2.05, 4.69) is 48.5 Å². The van der Waals surface area contributed by atoms with Gasteiger partial charge < -0.3 is 9.47 Å². The van der Waals surface area contributed by atoms with Gasteiger partial charge in [0.1, 0.15) is 11.5 Å². The number of aryl methyl sites for hydroxylation is 8. The van der Waals surface area contributed by atoms with E-state index in [4.69, 9.17) is 9.47 Å². The molecule has 0 amide bonds. The number of carbonyl (C=O) groups excluding carboxylic acids is 2. The lowest BCUT2D eigenvalue weighted by Crippen LogP contribution is -2.20. The lowest BCUT2D eigenvalue weighted by Gasteiger charge is -2.19. The molecule has 4 aromatic carbocycles. The zero-order chi connectivity index (χ0) is 27.6. The van der Waals surface area contributed by atoms with E-state index in [-0.39, 0.29) is 0 Å². The van der Waals surface area contributed by atoms with Crippen LogP contribution in [0.2, 0.25) is 0 Å². The van der Waals surface area contributed by atoms with E-state index < -0.39 is 11.6 Å². The largest absolute Gasteiger partial charge is 0.496 e. The molecule has 4 heteroatoms. The lowest BCUT2D eigenvalue weighted by atomic mass is 9.86. The summed E-state index contributed by atoms with van der Waals surface area (Å²) in [5.74, 6) is 0.665. The number of benzene rings is 4. The van der Waals surface area contributed by atoms with Gasteiger partial charge in [0, 0.05) is 11.1 Å². The highest BCUT2D eigenvalue weighted by atomic mass is 16.5. The highest BCUT2D eigenvalue weighted by Crippen LogP contribution is 2.31. The van der Waals surface area contributed by atoms with Crippen LogP contribution >= 0.6 is 0 Å². The fourth-order valence-electron chi connectivity index (χ4n) is 6.05. The van der Waals surface area contributed by atoms with Crippen LogP contribution in [0.1, 0.15) is 65.2 Å². The Morgan fingerprint density at radius 2 is 0.750 bits per heavy atom. The Balaban J connectivity index is 1.40. The van der Waals surface area contributed by atoms with Crippen molar-refractivity contribution in [2.45, 2.75) is 51.4 Å². The summed E-state index contributed by atoms with van der Waals surface area (Å²) in [6, 6.07) is 25.2. The van der Waals surface area contributed by atoms with Crippen LogP contribution in [-0.2, 0) is 51.4 Å². The van der Waals surface area contributed by atoms with E-state index in [1.54, 1.807) is 14.2 Å². The van der Waals surface area contributed by atoms with Crippen LogP contribution in [-0.4, -0.2) is 25.8 Å². The molecule has 0 saturated heterocycles. The lowest BCUT2D eigenvalue weighted by molar-refractivity contribution is 0.0815. The molecule has 0 atom stereocenters. The molecule has 0 radical (unpaired) electrons. The molecule has 0 aromatic heterocycles. The quantitative estimate of drug-likeness (QED) is 0.217. The number of hydrogen-bond acceptors (Lipinski definition) is 4. The predicted octanol–water partition coefficient (Wildman–Crippen LogP) is 6.54. The number of Topliss-reactive ketones (excluding diaryl/α,β-unsaturated/α-hetero) is 2. The predicted molar refractivity (Wildman–Crippen MR) is 157 cm³/mol. The van der Waals surface area contributed by atoms with Crippen LogP contribution in [0.5, 0.6) is 11.5 Å². The van der Waals surface area contributed by atoms with Crippen LogP contribution in [0.15, 0.2) is 72.8 Å². The first kappa shape index (κ1) is 26.1. The molecule has 12 rings (SSSR count). The van der Waals surface area contributed by atoms with Gasteiger partial charge in [0.2, 0.25) is 11.6 Å². The first-order valence-corrected chi connectivity index (χ1v) is 14.2. The Bertz CT molecular complexity index is 1460. The maximum absolute atomic E-state index is 14.1. The SMILES string of the molecule is COc1cc2c(C(=O)C(=O)c3cc4c(OC)cc3CCc3ccc(cc3)CC4)cc1CCc1ccc(cc1)CC2. The molecule has 0 unspecified atom stereocenters. The second-order valence-corrected chi connectivity index (χ2v) is 10.9. The van der Waals surface area contributed by atoms with Gasteiger partial charge >= 0.3 is 0 Å². The van der Waals surface area contributed by atoms with Crippen molar-refractivity contribution in [3.8, 4) is 11.5 Å². The van der Waals surface area contributed by atoms with Crippen LogP contribution in [0.4, 0.5) is 0 Å². The van der Waals surface area contributed by atoms with Gasteiger partial charge in [0.15, 0.2) is 0 Å². The highest BCUT2D eigenvalue weighted by molar-refractivity contribution is 6.49. The summed E-state index contributed by atoms with van der Waals surface area (Å²) in [6.07, 6.45) is 6.01. The van der Waals surface area contributed by atoms with E-state index in [9.17, 15) is 9.59 Å². The second kappa shape index (κ2) is 11.1. The van der Waals surface area contributed by atoms with E-state index in [0.717, 1.165) is 72.3 Å². The molecule has 4 aromatic rings. The molecule has 0 N–H and O–H groups in total. The Labute approximate surface area is 236 Å². The van der Waals surface area contributed by atoms with Gasteiger partial charge in [-0.1, -0.05) is 48.5 Å². The number of rotatable bonds is 5. The summed E-state index contributed by atoms with van der Waals surface area (Å²) in [4.78, 5) is 28.2. The zero-order valence-corrected chi connectivity index (χ0v) is 23.2. The van der Waals surface area contributed by atoms with Crippen molar-refractivity contribution >= 4 is 11.6 Å². The molecule has 0 fully saturated rings. The van der Waals surface area contributed by atoms with Crippen molar-refractivity contribution in [2.24, 2.45) is 0 Å². The minimum absolute atomic E-state index is 0.447. The van der Waals surface area contributed by atoms with Crippen LogP contribution in [0.25, 0.3) is 0 Å². The first-order chi connectivity index (χ1) is 19.5. The summed E-state index contributed by atoms with van der Waals surface area (Å²) in [6.45, 7) is 0. The summed E-state index contributed by atoms with van der Waals surface area (Å²) in [7, 11) is 3.34. The standard InChI is InChI=1S/C36H34O4/c1-39-33-21-27-15-11-23-3-7-25(8-4-23)13-17-29(33)19-31(27)35(37)36(38)32-20-30-18-14-26-9-5-24(6-10-26)12-16-28(32)22-34(30)40-2/h3-10,19-22H,11-18H2,1-2H3. The van der Waals surface area contributed by atoms with E-state index >= 15 is 0 Å². The molecule has 4 nitrogen and oxygen atoms in total. The van der Waals surface area contributed by atoms with Crippen molar-refractivity contribution in [3.63, 3.8) is 0 Å². The first-order valence-electron chi connectivity index (χ1n) is 14.2. The van der Waals surface area contributed by atoms with Crippen molar-refractivity contribution in [1.82, 2.24) is 0 Å². The maximum atomic E-state index is 14.1. The van der Waals surface area contributed by atoms with Gasteiger partial charge in [-0.25, -0.2) is 0 Å². The zero-order valence-electron chi connectivity index (χ0n) is 23.2. The van der Waals surface area contributed by atoms with Crippen LogP contribution in [0.3, 0.4) is 0 Å². The van der Waals surface area contributed by atoms with Crippen molar-refractivity contribution in [1.29, 1.82) is 0 Å². The summed E-state index contributed by atoms with van der Waals surface area (Å²) in [5, 5.41) is 0. The molecule has 0 saturated carbocycles. The van der Waals surface area contributed by atoms with Crippen molar-refractivity contribution in [3.05, 3.63) is 128 Å². The third-order valence-electron chi connectivity index (χ3n) is 8.49. The van der Waals surface area contributed by atoms with Gasteiger partial charge in [0.25, 0.3) is 0 Å². The molecule has 8 bridgehead atoms. The summed E-state index contributed by atoms with van der Waals surface area (Å²) >= 11 is 0. The smallest absolute Gasteiger partial charge is 0.233 e. The monoisotopic (exact) mass is 530 g/mol. The molecule has 0 heterocycles. The van der Waals surface area contributed by atoms with Gasteiger partial charge in [-0.3, -0.25) is 9.59 Å². The number of methoxy groups -OCH3 is 2. The average molecular weight is 531 g/mol. The third-order valence-corrected chi connectivity index (χ3v) is 8.49. The molecule has 0 spiro atoms. The second-order valence-electron chi connectivity index (χ2n) is 10.9. The normalized spacial score (nSPS) is 14.2. The fourth-order valence-corrected chi connectivity index (χ4v) is 6.05. The molecule has 8 aliphatic carbocycles. The van der Waals surface area contributed by atoms with Gasteiger partial charge in [0.05, 0.1) is 14.2 Å². The van der Waals surface area contributed by atoms with Crippen LogP contribution < -0.4 is 9.47 Å². The molecular formula is C36H34O4. The molecule has 202 valence electrons. The third kappa shape index (κ3) is 5.19. The molecule has 0 aliphatic heterocycles. The van der Waals surface area contributed by atoms with Gasteiger partial charge in [-0.15, -0.1) is 0 Å².